The van der Waals surface area contributed by atoms with Crippen LogP contribution in [0.4, 0.5) is 4.39 Å². The molecule has 132 valence electrons. The topological polar surface area (TPSA) is 51.2 Å². The van der Waals surface area contributed by atoms with Gasteiger partial charge < -0.3 is 10.1 Å². The van der Waals surface area contributed by atoms with Gasteiger partial charge in [-0.15, -0.1) is 0 Å². The normalized spacial score (nSPS) is 16.4. The van der Waals surface area contributed by atoms with Gasteiger partial charge in [0.25, 0.3) is 0 Å². The summed E-state index contributed by atoms with van der Waals surface area (Å²) in [6.07, 6.45) is 6.83. The molecule has 0 unspecified atom stereocenters. The molecule has 2 aromatic rings. The third kappa shape index (κ3) is 5.10. The molecule has 0 spiro atoms. The molecule has 0 radical (unpaired) electrons. The lowest BCUT2D eigenvalue weighted by atomic mass is 9.94. The van der Waals surface area contributed by atoms with Gasteiger partial charge in [-0.3, -0.25) is 9.78 Å². The Morgan fingerprint density at radius 3 is 2.64 bits per heavy atom. The highest BCUT2D eigenvalue weighted by molar-refractivity contribution is 5.77. The van der Waals surface area contributed by atoms with Gasteiger partial charge in [0.1, 0.15) is 5.82 Å². The Morgan fingerprint density at radius 1 is 1.20 bits per heavy atom. The van der Waals surface area contributed by atoms with Gasteiger partial charge in [0.05, 0.1) is 6.04 Å². The molecule has 1 N–H and O–H groups in total. The van der Waals surface area contributed by atoms with Crippen LogP contribution in [0.5, 0.6) is 0 Å². The number of carbonyl (C=O) groups is 1. The maximum Gasteiger partial charge on any atom is 0.220 e. The Hall–Kier alpha value is -2.27. The number of amides is 1. The molecule has 3 rings (SSSR count). The number of rotatable bonds is 6. The van der Waals surface area contributed by atoms with Crippen molar-refractivity contribution >= 4 is 5.91 Å². The number of halogens is 1. The second kappa shape index (κ2) is 8.72. The molecule has 5 heteroatoms. The summed E-state index contributed by atoms with van der Waals surface area (Å²) in [5, 5.41) is 3.08. The molecule has 0 bridgehead atoms. The molecule has 0 aliphatic carbocycles. The van der Waals surface area contributed by atoms with Crippen LogP contribution in [0.3, 0.4) is 0 Å². The smallest absolute Gasteiger partial charge is 0.220 e. The van der Waals surface area contributed by atoms with Crippen molar-refractivity contribution in [1.82, 2.24) is 10.3 Å². The van der Waals surface area contributed by atoms with Crippen LogP contribution in [-0.4, -0.2) is 24.1 Å². The highest BCUT2D eigenvalue weighted by atomic mass is 19.1. The first kappa shape index (κ1) is 17.5. The standard InChI is InChI=1S/C20H23FN2O2/c21-18-6-4-16(5-7-18)20(17-2-1-11-22-14-17)23-19(24)8-3-15-9-12-25-13-10-15/h1-2,4-7,11,14-15,20H,3,8-10,12-13H2,(H,23,24)/t20-/m1/s1. The summed E-state index contributed by atoms with van der Waals surface area (Å²) < 4.78 is 18.6. The van der Waals surface area contributed by atoms with E-state index >= 15 is 0 Å². The second-order valence-electron chi connectivity index (χ2n) is 6.43. The molecule has 0 saturated carbocycles. The van der Waals surface area contributed by atoms with Gasteiger partial charge in [0.15, 0.2) is 0 Å². The van der Waals surface area contributed by atoms with Crippen molar-refractivity contribution in [3.05, 3.63) is 65.7 Å². The summed E-state index contributed by atoms with van der Waals surface area (Å²) in [5.74, 6) is 0.270. The Kier molecular flexibility index (Phi) is 6.12. The van der Waals surface area contributed by atoms with E-state index in [1.54, 1.807) is 24.5 Å². The van der Waals surface area contributed by atoms with Crippen LogP contribution in [0.25, 0.3) is 0 Å². The Morgan fingerprint density at radius 2 is 1.96 bits per heavy atom. The van der Waals surface area contributed by atoms with Crippen LogP contribution in [-0.2, 0) is 9.53 Å². The van der Waals surface area contributed by atoms with Gasteiger partial charge in [-0.2, -0.15) is 0 Å². The fraction of sp³-hybridized carbons (Fsp3) is 0.400. The lowest BCUT2D eigenvalue weighted by Crippen LogP contribution is -2.30. The predicted octanol–water partition coefficient (Wildman–Crippen LogP) is 3.63. The van der Waals surface area contributed by atoms with Gasteiger partial charge in [0.2, 0.25) is 5.91 Å². The minimum absolute atomic E-state index is 0.00432. The van der Waals surface area contributed by atoms with Crippen molar-refractivity contribution in [2.45, 2.75) is 31.7 Å². The number of hydrogen-bond acceptors (Lipinski definition) is 3. The van der Waals surface area contributed by atoms with Crippen LogP contribution in [0.1, 0.15) is 42.9 Å². The fourth-order valence-corrected chi connectivity index (χ4v) is 3.16. The van der Waals surface area contributed by atoms with Crippen molar-refractivity contribution in [3.8, 4) is 0 Å². The lowest BCUT2D eigenvalue weighted by molar-refractivity contribution is -0.122. The molecule has 2 heterocycles. The number of carbonyl (C=O) groups excluding carboxylic acids is 1. The number of hydrogen-bond donors (Lipinski definition) is 1. The molecular formula is C20H23FN2O2. The summed E-state index contributed by atoms with van der Waals surface area (Å²) in [6, 6.07) is 9.65. The van der Waals surface area contributed by atoms with E-state index in [1.807, 2.05) is 12.1 Å². The number of ether oxygens (including phenoxy) is 1. The zero-order valence-electron chi connectivity index (χ0n) is 14.2. The highest BCUT2D eigenvalue weighted by Gasteiger charge is 2.19. The first-order valence-electron chi connectivity index (χ1n) is 8.75. The maximum atomic E-state index is 13.2. The Bertz CT molecular complexity index is 670. The minimum Gasteiger partial charge on any atom is -0.381 e. The molecule has 1 fully saturated rings. The van der Waals surface area contributed by atoms with Crippen molar-refractivity contribution in [3.63, 3.8) is 0 Å². The van der Waals surface area contributed by atoms with Gasteiger partial charge in [-0.1, -0.05) is 18.2 Å². The van der Waals surface area contributed by atoms with Crippen LogP contribution in [0, 0.1) is 11.7 Å². The lowest BCUT2D eigenvalue weighted by Gasteiger charge is -2.23. The molecule has 1 saturated heterocycles. The van der Waals surface area contributed by atoms with Crippen LogP contribution < -0.4 is 5.32 Å². The zero-order valence-corrected chi connectivity index (χ0v) is 14.2. The Labute approximate surface area is 147 Å². The third-order valence-corrected chi connectivity index (χ3v) is 4.65. The van der Waals surface area contributed by atoms with E-state index in [1.165, 1.54) is 12.1 Å². The van der Waals surface area contributed by atoms with E-state index in [9.17, 15) is 9.18 Å². The first-order valence-corrected chi connectivity index (χ1v) is 8.75. The van der Waals surface area contributed by atoms with Crippen LogP contribution in [0.2, 0.25) is 0 Å². The van der Waals surface area contributed by atoms with Gasteiger partial charge in [-0.25, -0.2) is 4.39 Å². The summed E-state index contributed by atoms with van der Waals surface area (Å²) in [7, 11) is 0. The van der Waals surface area contributed by atoms with E-state index in [0.717, 1.165) is 43.6 Å². The molecule has 1 atom stereocenters. The average molecular weight is 342 g/mol. The monoisotopic (exact) mass is 342 g/mol. The zero-order chi connectivity index (χ0) is 17.5. The quantitative estimate of drug-likeness (QED) is 0.872. The second-order valence-corrected chi connectivity index (χ2v) is 6.43. The third-order valence-electron chi connectivity index (χ3n) is 4.65. The number of pyridine rings is 1. The molecule has 25 heavy (non-hydrogen) atoms. The molecule has 1 amide bonds. The van der Waals surface area contributed by atoms with E-state index in [4.69, 9.17) is 4.74 Å². The van der Waals surface area contributed by atoms with E-state index in [2.05, 4.69) is 10.3 Å². The molecule has 1 aliphatic heterocycles. The average Bonchev–Trinajstić information content (AvgIpc) is 2.67. The van der Waals surface area contributed by atoms with Crippen LogP contribution >= 0.6 is 0 Å². The molecular weight excluding hydrogens is 319 g/mol. The molecule has 4 nitrogen and oxygen atoms in total. The number of benzene rings is 1. The van der Waals surface area contributed by atoms with Gasteiger partial charge >= 0.3 is 0 Å². The van der Waals surface area contributed by atoms with E-state index in [0.29, 0.717) is 12.3 Å². The van der Waals surface area contributed by atoms with Crippen molar-refractivity contribution in [1.29, 1.82) is 0 Å². The minimum atomic E-state index is -0.323. The van der Waals surface area contributed by atoms with Crippen molar-refractivity contribution in [2.75, 3.05) is 13.2 Å². The molecule has 1 aromatic heterocycles. The number of nitrogens with one attached hydrogen (secondary N) is 1. The summed E-state index contributed by atoms with van der Waals surface area (Å²) in [5.41, 5.74) is 1.72. The Balaban J connectivity index is 1.66. The number of nitrogens with zero attached hydrogens (tertiary/aromatic N) is 1. The number of aromatic nitrogens is 1. The van der Waals surface area contributed by atoms with E-state index in [-0.39, 0.29) is 17.8 Å². The van der Waals surface area contributed by atoms with Crippen LogP contribution in [0.15, 0.2) is 48.8 Å². The fourth-order valence-electron chi connectivity index (χ4n) is 3.16. The largest absolute Gasteiger partial charge is 0.381 e. The summed E-state index contributed by atoms with van der Waals surface area (Å²) in [6.45, 7) is 1.58. The first-order chi connectivity index (χ1) is 12.2. The predicted molar refractivity (Wildman–Crippen MR) is 93.4 cm³/mol. The van der Waals surface area contributed by atoms with E-state index < -0.39 is 0 Å². The highest BCUT2D eigenvalue weighted by Crippen LogP contribution is 2.23. The maximum absolute atomic E-state index is 13.2. The molecule has 1 aliphatic rings. The van der Waals surface area contributed by atoms with Crippen molar-refractivity contribution < 1.29 is 13.9 Å². The van der Waals surface area contributed by atoms with Gasteiger partial charge in [0, 0.05) is 32.0 Å². The SMILES string of the molecule is O=C(CCC1CCOCC1)N[C@H](c1ccc(F)cc1)c1cccnc1. The van der Waals surface area contributed by atoms with Gasteiger partial charge in [-0.05, 0) is 54.5 Å². The summed E-state index contributed by atoms with van der Waals surface area (Å²) in [4.78, 5) is 16.6. The van der Waals surface area contributed by atoms with Crippen molar-refractivity contribution in [2.24, 2.45) is 5.92 Å². The summed E-state index contributed by atoms with van der Waals surface area (Å²) >= 11 is 0. The molecule has 1 aromatic carbocycles.